The summed E-state index contributed by atoms with van der Waals surface area (Å²) < 4.78 is 0. The van der Waals surface area contributed by atoms with Crippen molar-refractivity contribution in [3.05, 3.63) is 62.9 Å². The van der Waals surface area contributed by atoms with Crippen LogP contribution in [0.4, 0.5) is 0 Å². The van der Waals surface area contributed by atoms with Gasteiger partial charge in [-0.1, -0.05) is 18.2 Å². The molecule has 3 heteroatoms. The summed E-state index contributed by atoms with van der Waals surface area (Å²) in [4.78, 5) is 27.7. The molecule has 0 atom stereocenters. The molecular weight excluding hydrogens is 226 g/mol. The van der Waals surface area contributed by atoms with E-state index in [-0.39, 0.29) is 0 Å². The molecule has 1 aliphatic heterocycles. The minimum absolute atomic E-state index is 0.436. The molecule has 0 radical (unpaired) electrons. The van der Waals surface area contributed by atoms with Gasteiger partial charge in [0.25, 0.3) is 0 Å². The van der Waals surface area contributed by atoms with Gasteiger partial charge in [-0.05, 0) is 24.3 Å². The summed E-state index contributed by atoms with van der Waals surface area (Å²) in [5, 5.41) is 1.02. The third kappa shape index (κ3) is 1.01. The Hall–Kier alpha value is -2.55. The average molecular weight is 233 g/mol. The van der Waals surface area contributed by atoms with Gasteiger partial charge in [-0.25, -0.2) is 4.98 Å². The van der Waals surface area contributed by atoms with Gasteiger partial charge >= 0.3 is 0 Å². The van der Waals surface area contributed by atoms with Gasteiger partial charge in [-0.3, -0.25) is 9.59 Å². The van der Waals surface area contributed by atoms with Gasteiger partial charge in [0, 0.05) is 22.1 Å². The summed E-state index contributed by atoms with van der Waals surface area (Å²) >= 11 is 0. The Morgan fingerprint density at radius 3 is 2.56 bits per heavy atom. The van der Waals surface area contributed by atoms with E-state index in [1.54, 1.807) is 12.1 Å². The lowest BCUT2D eigenvalue weighted by molar-refractivity contribution is 1.44. The van der Waals surface area contributed by atoms with Crippen molar-refractivity contribution >= 4 is 10.9 Å². The molecule has 0 aromatic heterocycles. The van der Waals surface area contributed by atoms with Gasteiger partial charge in [0.1, 0.15) is 0 Å². The molecule has 1 aromatic carbocycles. The molecule has 1 aromatic rings. The molecule has 1 heterocycles. The molecule has 2 aliphatic carbocycles. The molecule has 4 rings (SSSR count). The van der Waals surface area contributed by atoms with Gasteiger partial charge in [0.05, 0.1) is 11.2 Å². The van der Waals surface area contributed by atoms with E-state index >= 15 is 0 Å². The predicted octanol–water partition coefficient (Wildman–Crippen LogP) is 2.04. The minimum Gasteiger partial charge on any atom is -0.286 e. The highest BCUT2D eigenvalue weighted by Gasteiger charge is 2.23. The lowest BCUT2D eigenvalue weighted by Crippen LogP contribution is -2.23. The quantitative estimate of drug-likeness (QED) is 0.437. The summed E-state index contributed by atoms with van der Waals surface area (Å²) in [5.41, 5.74) is 3.03. The zero-order chi connectivity index (χ0) is 12.3. The molecule has 0 spiro atoms. The lowest BCUT2D eigenvalue weighted by Gasteiger charge is -1.94. The number of nitrogens with zero attached hydrogens (tertiary/aromatic N) is 1. The van der Waals surface area contributed by atoms with Gasteiger partial charge < -0.3 is 0 Å². The van der Waals surface area contributed by atoms with Crippen LogP contribution in [0.15, 0.2) is 52.1 Å². The number of rotatable bonds is 0. The molecule has 0 fully saturated rings. The molecule has 3 nitrogen and oxygen atoms in total. The third-order valence-electron chi connectivity index (χ3n) is 3.39. The molecule has 3 aliphatic rings. The van der Waals surface area contributed by atoms with Crippen molar-refractivity contribution < 1.29 is 0 Å². The molecule has 0 N–H and O–H groups in total. The number of fused-ring (bicyclic) bond motifs is 5. The second kappa shape index (κ2) is 3.01. The molecule has 18 heavy (non-hydrogen) atoms. The van der Waals surface area contributed by atoms with Crippen LogP contribution in [0.5, 0.6) is 0 Å². The second-order valence-corrected chi connectivity index (χ2v) is 4.39. The predicted molar refractivity (Wildman–Crippen MR) is 69.9 cm³/mol. The smallest absolute Gasteiger partial charge is 0.233 e. The van der Waals surface area contributed by atoms with E-state index in [2.05, 4.69) is 4.98 Å². The first-order chi connectivity index (χ1) is 8.75. The van der Waals surface area contributed by atoms with Crippen LogP contribution in [0.3, 0.4) is 0 Å². The van der Waals surface area contributed by atoms with Gasteiger partial charge in [0.2, 0.25) is 10.9 Å². The van der Waals surface area contributed by atoms with Gasteiger partial charge in [-0.2, -0.15) is 0 Å². The summed E-state index contributed by atoms with van der Waals surface area (Å²) in [6, 6.07) is 12.6. The van der Waals surface area contributed by atoms with Crippen molar-refractivity contribution in [2.24, 2.45) is 0 Å². The zero-order valence-corrected chi connectivity index (χ0v) is 9.31. The molecule has 0 amide bonds. The van der Waals surface area contributed by atoms with E-state index in [0.717, 1.165) is 27.7 Å². The number of benzene rings is 2. The van der Waals surface area contributed by atoms with Crippen molar-refractivity contribution in [3.8, 4) is 22.4 Å². The van der Waals surface area contributed by atoms with Crippen LogP contribution in [0.25, 0.3) is 33.3 Å². The maximum atomic E-state index is 11.8. The molecule has 84 valence electrons. The monoisotopic (exact) mass is 233 g/mol. The summed E-state index contributed by atoms with van der Waals surface area (Å²) in [6.45, 7) is 0. The number of aromatic nitrogens is 1. The number of para-hydroxylation sites is 1. The number of hydrogen-bond acceptors (Lipinski definition) is 3. The van der Waals surface area contributed by atoms with Crippen molar-refractivity contribution in [3.63, 3.8) is 0 Å². The van der Waals surface area contributed by atoms with E-state index in [1.807, 2.05) is 24.3 Å². The highest BCUT2D eigenvalue weighted by Crippen LogP contribution is 2.40. The fourth-order valence-electron chi connectivity index (χ4n) is 2.53. The largest absolute Gasteiger partial charge is 0.286 e. The fraction of sp³-hybridized carbons (Fsp3) is 0. The van der Waals surface area contributed by atoms with Crippen molar-refractivity contribution in [1.82, 2.24) is 4.98 Å². The van der Waals surface area contributed by atoms with E-state index in [4.69, 9.17) is 0 Å². The third-order valence-corrected chi connectivity index (χ3v) is 3.39. The maximum absolute atomic E-state index is 11.8. The Bertz CT molecular complexity index is 916. The Morgan fingerprint density at radius 2 is 1.67 bits per heavy atom. The summed E-state index contributed by atoms with van der Waals surface area (Å²) in [7, 11) is 0. The Morgan fingerprint density at radius 1 is 0.833 bits per heavy atom. The Labute approximate surface area is 102 Å². The maximum Gasteiger partial charge on any atom is 0.233 e. The normalized spacial score (nSPS) is 11.8. The van der Waals surface area contributed by atoms with E-state index in [1.165, 1.54) is 6.07 Å². The van der Waals surface area contributed by atoms with Crippen LogP contribution in [0.2, 0.25) is 0 Å². The topological polar surface area (TPSA) is 47.0 Å². The number of hydrogen-bond donors (Lipinski definition) is 0. The molecule has 0 saturated carbocycles. The summed E-state index contributed by atoms with van der Waals surface area (Å²) in [5.74, 6) is 0. The molecular formula is C15H7NO2. The average Bonchev–Trinajstić information content (AvgIpc) is 2.90. The van der Waals surface area contributed by atoms with Crippen molar-refractivity contribution in [2.75, 3.05) is 0 Å². The highest BCUT2D eigenvalue weighted by molar-refractivity contribution is 6.05. The van der Waals surface area contributed by atoms with E-state index in [9.17, 15) is 9.59 Å². The van der Waals surface area contributed by atoms with Gasteiger partial charge in [0.15, 0.2) is 0 Å². The van der Waals surface area contributed by atoms with Crippen LogP contribution < -0.4 is 10.9 Å². The van der Waals surface area contributed by atoms with Crippen molar-refractivity contribution in [1.29, 1.82) is 0 Å². The first kappa shape index (κ1) is 9.48. The molecule has 0 saturated heterocycles. The first-order valence-corrected chi connectivity index (χ1v) is 5.67. The second-order valence-electron chi connectivity index (χ2n) is 4.39. The standard InChI is InChI=1S/C15H7NO2/c17-13-6-5-9-11(15(13)18)7-10-8-3-1-2-4-12(8)16-14(9)10/h1-7H. The zero-order valence-electron chi connectivity index (χ0n) is 9.31. The van der Waals surface area contributed by atoms with E-state index < -0.39 is 10.9 Å². The van der Waals surface area contributed by atoms with Gasteiger partial charge in [-0.15, -0.1) is 0 Å². The van der Waals surface area contributed by atoms with Crippen LogP contribution in [-0.2, 0) is 0 Å². The Balaban J connectivity index is 2.29. The molecule has 0 bridgehead atoms. The highest BCUT2D eigenvalue weighted by atomic mass is 16.2. The van der Waals surface area contributed by atoms with Crippen LogP contribution >= 0.6 is 0 Å². The van der Waals surface area contributed by atoms with Crippen LogP contribution in [0, 0.1) is 0 Å². The Kier molecular flexibility index (Phi) is 1.59. The molecule has 0 unspecified atom stereocenters. The lowest BCUT2D eigenvalue weighted by atomic mass is 10.1. The minimum atomic E-state index is -0.459. The van der Waals surface area contributed by atoms with Crippen LogP contribution in [-0.4, -0.2) is 4.98 Å². The summed E-state index contributed by atoms with van der Waals surface area (Å²) in [6.07, 6.45) is 0. The first-order valence-electron chi connectivity index (χ1n) is 5.67. The van der Waals surface area contributed by atoms with Crippen LogP contribution in [0.1, 0.15) is 0 Å². The SMILES string of the molecule is O=c1ccc2c3nc4ccccc4c-3cc-2c1=O. The van der Waals surface area contributed by atoms with Crippen molar-refractivity contribution in [2.45, 2.75) is 0 Å². The van der Waals surface area contributed by atoms with E-state index in [0.29, 0.717) is 5.56 Å². The fourth-order valence-corrected chi connectivity index (χ4v) is 2.53.